The number of anilines is 2. The van der Waals surface area contributed by atoms with Crippen LogP contribution in [0.2, 0.25) is 5.02 Å². The number of rotatable bonds is 4. The Bertz CT molecular complexity index is 493. The highest BCUT2D eigenvalue weighted by Crippen LogP contribution is 2.35. The van der Waals surface area contributed by atoms with E-state index in [-0.39, 0.29) is 5.56 Å². The van der Waals surface area contributed by atoms with E-state index in [1.54, 1.807) is 13.2 Å². The van der Waals surface area contributed by atoms with Gasteiger partial charge in [-0.2, -0.15) is 0 Å². The summed E-state index contributed by atoms with van der Waals surface area (Å²) in [5.41, 5.74) is 6.73. The number of nitrogens with two attached hydrogens (primary N) is 1. The van der Waals surface area contributed by atoms with Gasteiger partial charge in [-0.15, -0.1) is 0 Å². The highest BCUT2D eigenvalue weighted by atomic mass is 35.5. The molecule has 1 fully saturated rings. The van der Waals surface area contributed by atoms with Gasteiger partial charge in [0.1, 0.15) is 0 Å². The highest BCUT2D eigenvalue weighted by Gasteiger charge is 2.27. The van der Waals surface area contributed by atoms with Gasteiger partial charge in [-0.05, 0) is 18.6 Å². The zero-order valence-electron chi connectivity index (χ0n) is 10.7. The topological polar surface area (TPSA) is 75.8 Å². The van der Waals surface area contributed by atoms with Crippen molar-refractivity contribution in [1.82, 2.24) is 0 Å². The summed E-state index contributed by atoms with van der Waals surface area (Å²) in [6.07, 6.45) is 0.966. The number of aromatic carboxylic acids is 1. The third-order valence-corrected chi connectivity index (χ3v) is 3.61. The fraction of sp³-hybridized carbons (Fsp3) is 0.462. The number of hydrogen-bond donors (Lipinski definition) is 2. The van der Waals surface area contributed by atoms with Crippen LogP contribution in [0.4, 0.5) is 11.4 Å². The Morgan fingerprint density at radius 1 is 1.63 bits per heavy atom. The van der Waals surface area contributed by atoms with Gasteiger partial charge in [0, 0.05) is 31.8 Å². The maximum Gasteiger partial charge on any atom is 0.337 e. The van der Waals surface area contributed by atoms with E-state index in [0.717, 1.165) is 19.5 Å². The van der Waals surface area contributed by atoms with E-state index in [2.05, 4.69) is 0 Å². The molecule has 1 aliphatic heterocycles. The number of carboxylic acid groups (broad SMARTS) is 1. The van der Waals surface area contributed by atoms with Crippen LogP contribution >= 0.6 is 11.6 Å². The van der Waals surface area contributed by atoms with Gasteiger partial charge in [-0.1, -0.05) is 11.6 Å². The van der Waals surface area contributed by atoms with Crippen molar-refractivity contribution in [1.29, 1.82) is 0 Å². The molecule has 0 amide bonds. The van der Waals surface area contributed by atoms with Crippen molar-refractivity contribution in [2.75, 3.05) is 37.4 Å². The van der Waals surface area contributed by atoms with Crippen molar-refractivity contribution >= 4 is 28.9 Å². The van der Waals surface area contributed by atoms with E-state index >= 15 is 0 Å². The lowest BCUT2D eigenvalue weighted by Crippen LogP contribution is -2.23. The summed E-state index contributed by atoms with van der Waals surface area (Å²) in [5.74, 6) is -0.611. The highest BCUT2D eigenvalue weighted by molar-refractivity contribution is 6.34. The molecule has 104 valence electrons. The molecular formula is C13H17ClN2O3. The molecule has 0 aromatic heterocycles. The van der Waals surface area contributed by atoms with Gasteiger partial charge >= 0.3 is 5.97 Å². The minimum atomic E-state index is -1.01. The standard InChI is InChI=1S/C13H17ClN2O3/c1-19-7-8-2-3-16(6-8)12-10(13(17)18)4-9(15)5-11(12)14/h4-5,8H,2-3,6-7,15H2,1H3,(H,17,18). The lowest BCUT2D eigenvalue weighted by molar-refractivity contribution is 0.0697. The summed E-state index contributed by atoms with van der Waals surface area (Å²) in [6.45, 7) is 2.20. The summed E-state index contributed by atoms with van der Waals surface area (Å²) in [5, 5.41) is 9.66. The first-order chi connectivity index (χ1) is 9.02. The molecule has 0 spiro atoms. The van der Waals surface area contributed by atoms with Crippen molar-refractivity contribution < 1.29 is 14.6 Å². The SMILES string of the molecule is COCC1CCN(c2c(Cl)cc(N)cc2C(=O)O)C1. The van der Waals surface area contributed by atoms with Crippen LogP contribution in [-0.2, 0) is 4.74 Å². The van der Waals surface area contributed by atoms with Crippen LogP contribution in [0.3, 0.4) is 0 Å². The molecule has 0 aliphatic carbocycles. The van der Waals surface area contributed by atoms with Crippen LogP contribution in [0.5, 0.6) is 0 Å². The zero-order valence-corrected chi connectivity index (χ0v) is 11.5. The number of carbonyl (C=O) groups is 1. The number of ether oxygens (including phenoxy) is 1. The van der Waals surface area contributed by atoms with E-state index in [1.165, 1.54) is 6.07 Å². The summed E-state index contributed by atoms with van der Waals surface area (Å²) >= 11 is 6.17. The molecule has 6 heteroatoms. The number of nitrogens with zero attached hydrogens (tertiary/aromatic N) is 1. The van der Waals surface area contributed by atoms with Crippen molar-refractivity contribution in [3.8, 4) is 0 Å². The van der Waals surface area contributed by atoms with Crippen LogP contribution in [0.25, 0.3) is 0 Å². The molecule has 1 unspecified atom stereocenters. The minimum absolute atomic E-state index is 0.156. The maximum absolute atomic E-state index is 11.3. The van der Waals surface area contributed by atoms with Crippen LogP contribution in [0.1, 0.15) is 16.8 Å². The average Bonchev–Trinajstić information content (AvgIpc) is 2.76. The van der Waals surface area contributed by atoms with Crippen LogP contribution in [0.15, 0.2) is 12.1 Å². The van der Waals surface area contributed by atoms with E-state index in [9.17, 15) is 9.90 Å². The van der Waals surface area contributed by atoms with Gasteiger partial charge < -0.3 is 20.5 Å². The third kappa shape index (κ3) is 2.93. The van der Waals surface area contributed by atoms with Gasteiger partial charge in [0.25, 0.3) is 0 Å². The summed E-state index contributed by atoms with van der Waals surface area (Å²) < 4.78 is 5.14. The number of hydrogen-bond acceptors (Lipinski definition) is 4. The number of halogens is 1. The molecule has 1 saturated heterocycles. The van der Waals surface area contributed by atoms with Gasteiger partial charge in [-0.3, -0.25) is 0 Å². The first-order valence-electron chi connectivity index (χ1n) is 6.09. The average molecular weight is 285 g/mol. The number of benzene rings is 1. The Balaban J connectivity index is 2.32. The predicted molar refractivity (Wildman–Crippen MR) is 75.0 cm³/mol. The van der Waals surface area contributed by atoms with Crippen LogP contribution in [-0.4, -0.2) is 37.9 Å². The monoisotopic (exact) mass is 284 g/mol. The second-order valence-electron chi connectivity index (χ2n) is 4.76. The summed E-state index contributed by atoms with van der Waals surface area (Å²) in [4.78, 5) is 13.3. The van der Waals surface area contributed by atoms with Crippen molar-refractivity contribution in [3.05, 3.63) is 22.7 Å². The molecule has 19 heavy (non-hydrogen) atoms. The molecule has 1 heterocycles. The van der Waals surface area contributed by atoms with Crippen molar-refractivity contribution in [3.63, 3.8) is 0 Å². The minimum Gasteiger partial charge on any atom is -0.478 e. The van der Waals surface area contributed by atoms with E-state index in [4.69, 9.17) is 22.1 Å². The Morgan fingerprint density at radius 2 is 2.37 bits per heavy atom. The molecule has 1 aromatic rings. The van der Waals surface area contributed by atoms with E-state index in [0.29, 0.717) is 28.9 Å². The molecule has 2 rings (SSSR count). The van der Waals surface area contributed by atoms with Crippen molar-refractivity contribution in [2.45, 2.75) is 6.42 Å². The molecule has 5 nitrogen and oxygen atoms in total. The first-order valence-corrected chi connectivity index (χ1v) is 6.47. The fourth-order valence-corrected chi connectivity index (χ4v) is 2.86. The maximum atomic E-state index is 11.3. The van der Waals surface area contributed by atoms with Gasteiger partial charge in [0.15, 0.2) is 0 Å². The van der Waals surface area contributed by atoms with E-state index < -0.39 is 5.97 Å². The Labute approximate surface area is 116 Å². The molecular weight excluding hydrogens is 268 g/mol. The smallest absolute Gasteiger partial charge is 0.337 e. The first kappa shape index (κ1) is 14.0. The largest absolute Gasteiger partial charge is 0.478 e. The molecule has 1 aromatic carbocycles. The van der Waals surface area contributed by atoms with Crippen LogP contribution < -0.4 is 10.6 Å². The fourth-order valence-electron chi connectivity index (χ4n) is 2.51. The van der Waals surface area contributed by atoms with Crippen LogP contribution in [0, 0.1) is 5.92 Å². The lowest BCUT2D eigenvalue weighted by Gasteiger charge is -2.22. The van der Waals surface area contributed by atoms with Gasteiger partial charge in [0.2, 0.25) is 0 Å². The molecule has 0 bridgehead atoms. The van der Waals surface area contributed by atoms with Gasteiger partial charge in [0.05, 0.1) is 22.9 Å². The molecule has 1 atom stereocenters. The quantitative estimate of drug-likeness (QED) is 0.828. The Morgan fingerprint density at radius 3 is 3.00 bits per heavy atom. The third-order valence-electron chi connectivity index (χ3n) is 3.32. The Kier molecular flexibility index (Phi) is 4.17. The predicted octanol–water partition coefficient (Wildman–Crippen LogP) is 2.09. The molecule has 0 radical (unpaired) electrons. The molecule has 1 aliphatic rings. The number of carboxylic acids is 1. The molecule has 3 N–H and O–H groups in total. The molecule has 0 saturated carbocycles. The lowest BCUT2D eigenvalue weighted by atomic mass is 10.1. The summed E-state index contributed by atoms with van der Waals surface area (Å²) in [7, 11) is 1.67. The second-order valence-corrected chi connectivity index (χ2v) is 5.17. The normalized spacial score (nSPS) is 18.8. The zero-order chi connectivity index (χ0) is 14.0. The summed E-state index contributed by atoms with van der Waals surface area (Å²) in [6, 6.07) is 3.04. The number of methoxy groups -OCH3 is 1. The van der Waals surface area contributed by atoms with Crippen molar-refractivity contribution in [2.24, 2.45) is 5.92 Å². The second kappa shape index (κ2) is 5.67. The van der Waals surface area contributed by atoms with E-state index in [1.807, 2.05) is 4.90 Å². The van der Waals surface area contributed by atoms with Gasteiger partial charge in [-0.25, -0.2) is 4.79 Å². The Hall–Kier alpha value is -1.46. The number of nitrogen functional groups attached to an aromatic ring is 1.